The highest BCUT2D eigenvalue weighted by molar-refractivity contribution is 5.98. The van der Waals surface area contributed by atoms with Gasteiger partial charge < -0.3 is 20.9 Å². The Morgan fingerprint density at radius 1 is 1.17 bits per heavy atom. The van der Waals surface area contributed by atoms with Gasteiger partial charge in [-0.3, -0.25) is 9.59 Å². The smallest absolute Gasteiger partial charge is 0.254 e. The highest BCUT2D eigenvalue weighted by Crippen LogP contribution is 2.34. The Labute approximate surface area is 209 Å². The number of unbranched alkanes of at least 4 members (excludes halogenated alkanes) is 1. The van der Waals surface area contributed by atoms with Crippen molar-refractivity contribution in [2.24, 2.45) is 5.73 Å². The van der Waals surface area contributed by atoms with E-state index in [1.54, 1.807) is 6.92 Å². The molecule has 188 valence electrons. The standard InChI is InChI=1S/C28H39N5O2/c1-20(34)32-14-11-23(12-15-32)31-26-16-24-25(18-30-26)28(2,3)19-33(27(24)35)13-7-6-9-21-8-4-5-10-22(21)17-29/h4-5,8,10,16,18,23H,6-7,9,11-15,17,19,29H2,1-3H3,(H,30,31). The van der Waals surface area contributed by atoms with Crippen LogP contribution in [0.4, 0.5) is 5.82 Å². The molecule has 1 aromatic heterocycles. The van der Waals surface area contributed by atoms with Gasteiger partial charge in [0.2, 0.25) is 5.91 Å². The summed E-state index contributed by atoms with van der Waals surface area (Å²) in [6.45, 7) is 9.53. The fourth-order valence-corrected chi connectivity index (χ4v) is 5.40. The highest BCUT2D eigenvalue weighted by atomic mass is 16.2. The molecule has 3 heterocycles. The highest BCUT2D eigenvalue weighted by Gasteiger charge is 2.37. The third-order valence-corrected chi connectivity index (χ3v) is 7.49. The van der Waals surface area contributed by atoms with E-state index in [-0.39, 0.29) is 23.3 Å². The molecule has 1 saturated heterocycles. The number of carbonyl (C=O) groups is 2. The molecule has 0 spiro atoms. The molecule has 3 N–H and O–H groups in total. The van der Waals surface area contributed by atoms with Crippen LogP contribution in [0.3, 0.4) is 0 Å². The fourth-order valence-electron chi connectivity index (χ4n) is 5.40. The second-order valence-corrected chi connectivity index (χ2v) is 10.6. The molecule has 4 rings (SSSR count). The number of amides is 2. The van der Waals surface area contributed by atoms with Crippen molar-refractivity contribution in [3.8, 4) is 0 Å². The number of aromatic nitrogens is 1. The van der Waals surface area contributed by atoms with Crippen LogP contribution in [0.1, 0.15) is 73.5 Å². The van der Waals surface area contributed by atoms with E-state index in [0.29, 0.717) is 13.1 Å². The summed E-state index contributed by atoms with van der Waals surface area (Å²) >= 11 is 0. The molecule has 7 nitrogen and oxygen atoms in total. The number of piperidine rings is 1. The molecule has 1 fully saturated rings. The lowest BCUT2D eigenvalue weighted by atomic mass is 9.79. The first-order valence-electron chi connectivity index (χ1n) is 12.9. The van der Waals surface area contributed by atoms with Crippen LogP contribution in [0.2, 0.25) is 0 Å². The summed E-state index contributed by atoms with van der Waals surface area (Å²) in [6, 6.07) is 10.5. The van der Waals surface area contributed by atoms with Crippen LogP contribution < -0.4 is 11.1 Å². The number of anilines is 1. The Morgan fingerprint density at radius 2 is 1.89 bits per heavy atom. The summed E-state index contributed by atoms with van der Waals surface area (Å²) in [4.78, 5) is 33.6. The molecule has 2 amide bonds. The van der Waals surface area contributed by atoms with Gasteiger partial charge in [0.05, 0.1) is 0 Å². The summed E-state index contributed by atoms with van der Waals surface area (Å²) in [5, 5.41) is 3.50. The number of fused-ring (bicyclic) bond motifs is 1. The zero-order chi connectivity index (χ0) is 25.0. The first-order chi connectivity index (χ1) is 16.8. The number of hydrogen-bond acceptors (Lipinski definition) is 5. The molecule has 0 unspecified atom stereocenters. The van der Waals surface area contributed by atoms with Crippen molar-refractivity contribution in [2.75, 3.05) is 31.5 Å². The molecular formula is C28H39N5O2. The van der Waals surface area contributed by atoms with Crippen molar-refractivity contribution in [1.82, 2.24) is 14.8 Å². The van der Waals surface area contributed by atoms with Gasteiger partial charge in [-0.1, -0.05) is 38.1 Å². The molecule has 7 heteroatoms. The third-order valence-electron chi connectivity index (χ3n) is 7.49. The summed E-state index contributed by atoms with van der Waals surface area (Å²) in [5.41, 5.74) is 10.0. The van der Waals surface area contributed by atoms with Crippen LogP contribution in [-0.2, 0) is 23.2 Å². The fraction of sp³-hybridized carbons (Fsp3) is 0.536. The number of nitrogens with two attached hydrogens (primary N) is 1. The molecule has 2 aliphatic rings. The number of rotatable bonds is 8. The van der Waals surface area contributed by atoms with Gasteiger partial charge in [0.15, 0.2) is 0 Å². The Balaban J connectivity index is 1.38. The molecule has 2 aliphatic heterocycles. The van der Waals surface area contributed by atoms with Crippen LogP contribution in [-0.4, -0.2) is 58.8 Å². The predicted molar refractivity (Wildman–Crippen MR) is 139 cm³/mol. The minimum absolute atomic E-state index is 0.0959. The van der Waals surface area contributed by atoms with Gasteiger partial charge in [-0.25, -0.2) is 4.98 Å². The number of likely N-dealkylation sites (tertiary alicyclic amines) is 1. The molecule has 0 radical (unpaired) electrons. The minimum Gasteiger partial charge on any atom is -0.367 e. The number of benzene rings is 1. The van der Waals surface area contributed by atoms with E-state index in [1.807, 2.05) is 28.1 Å². The summed E-state index contributed by atoms with van der Waals surface area (Å²) in [5.74, 6) is 0.972. The quantitative estimate of drug-likeness (QED) is 0.566. The van der Waals surface area contributed by atoms with Gasteiger partial charge in [0, 0.05) is 62.9 Å². The monoisotopic (exact) mass is 477 g/mol. The van der Waals surface area contributed by atoms with Crippen molar-refractivity contribution in [1.29, 1.82) is 0 Å². The topological polar surface area (TPSA) is 91.6 Å². The lowest BCUT2D eigenvalue weighted by molar-refractivity contribution is -0.129. The molecule has 35 heavy (non-hydrogen) atoms. The van der Waals surface area contributed by atoms with Gasteiger partial charge in [0.1, 0.15) is 5.82 Å². The van der Waals surface area contributed by atoms with Gasteiger partial charge in [0.25, 0.3) is 5.91 Å². The summed E-state index contributed by atoms with van der Waals surface area (Å²) in [6.07, 6.45) is 6.61. The Morgan fingerprint density at radius 3 is 2.57 bits per heavy atom. The van der Waals surface area contributed by atoms with E-state index in [2.05, 4.69) is 42.3 Å². The molecule has 0 atom stereocenters. The van der Waals surface area contributed by atoms with Gasteiger partial charge in [-0.15, -0.1) is 0 Å². The number of nitrogens with zero attached hydrogens (tertiary/aromatic N) is 3. The van der Waals surface area contributed by atoms with Gasteiger partial charge >= 0.3 is 0 Å². The molecule has 0 aliphatic carbocycles. The number of pyridine rings is 1. The Hall–Kier alpha value is -2.93. The van der Waals surface area contributed by atoms with Crippen molar-refractivity contribution >= 4 is 17.6 Å². The van der Waals surface area contributed by atoms with E-state index < -0.39 is 0 Å². The van der Waals surface area contributed by atoms with Crippen LogP contribution in [0, 0.1) is 0 Å². The molecule has 2 aromatic rings. The SMILES string of the molecule is CC(=O)N1CCC(Nc2cc3c(cn2)C(C)(C)CN(CCCCc2ccccc2CN)C3=O)CC1. The van der Waals surface area contributed by atoms with Crippen LogP contribution in [0.25, 0.3) is 0 Å². The molecular weight excluding hydrogens is 438 g/mol. The summed E-state index contributed by atoms with van der Waals surface area (Å²) < 4.78 is 0. The van der Waals surface area contributed by atoms with Crippen LogP contribution in [0.15, 0.2) is 36.5 Å². The molecule has 1 aromatic carbocycles. The number of nitrogens with one attached hydrogen (secondary N) is 1. The molecule has 0 saturated carbocycles. The van der Waals surface area contributed by atoms with Crippen LogP contribution >= 0.6 is 0 Å². The average Bonchev–Trinajstić information content (AvgIpc) is 2.85. The number of aryl methyl sites for hydroxylation is 1. The third kappa shape index (κ3) is 5.84. The molecule has 0 bridgehead atoms. The normalized spacial score (nSPS) is 17.9. The zero-order valence-electron chi connectivity index (χ0n) is 21.3. The maximum atomic E-state index is 13.4. The Kier molecular flexibility index (Phi) is 7.75. The number of hydrogen-bond donors (Lipinski definition) is 2. The van der Waals surface area contributed by atoms with Crippen molar-refractivity contribution < 1.29 is 9.59 Å². The van der Waals surface area contributed by atoms with E-state index >= 15 is 0 Å². The van der Waals surface area contributed by atoms with Crippen molar-refractivity contribution in [2.45, 2.75) is 70.9 Å². The number of carbonyl (C=O) groups excluding carboxylic acids is 2. The first-order valence-corrected chi connectivity index (χ1v) is 12.9. The maximum absolute atomic E-state index is 13.4. The van der Waals surface area contributed by atoms with E-state index in [0.717, 1.165) is 68.7 Å². The maximum Gasteiger partial charge on any atom is 0.254 e. The lowest BCUT2D eigenvalue weighted by Gasteiger charge is -2.39. The van der Waals surface area contributed by atoms with Gasteiger partial charge in [-0.05, 0) is 54.9 Å². The van der Waals surface area contributed by atoms with Crippen molar-refractivity contribution in [3.63, 3.8) is 0 Å². The second-order valence-electron chi connectivity index (χ2n) is 10.6. The largest absolute Gasteiger partial charge is 0.367 e. The van der Waals surface area contributed by atoms with Gasteiger partial charge in [-0.2, -0.15) is 0 Å². The lowest BCUT2D eigenvalue weighted by Crippen LogP contribution is -2.47. The van der Waals surface area contributed by atoms with Crippen LogP contribution in [0.5, 0.6) is 0 Å². The zero-order valence-corrected chi connectivity index (χ0v) is 21.3. The summed E-state index contributed by atoms with van der Waals surface area (Å²) in [7, 11) is 0. The Bertz CT molecular complexity index is 1060. The van der Waals surface area contributed by atoms with Crippen molar-refractivity contribution in [3.05, 3.63) is 58.8 Å². The predicted octanol–water partition coefficient (Wildman–Crippen LogP) is 3.72. The van der Waals surface area contributed by atoms with E-state index in [9.17, 15) is 9.59 Å². The second kappa shape index (κ2) is 10.8. The average molecular weight is 478 g/mol. The van der Waals surface area contributed by atoms with E-state index in [4.69, 9.17) is 5.73 Å². The van der Waals surface area contributed by atoms with E-state index in [1.165, 1.54) is 11.1 Å². The minimum atomic E-state index is -0.145. The first kappa shape index (κ1) is 25.2.